The predicted octanol–water partition coefficient (Wildman–Crippen LogP) is 3.69. The van der Waals surface area contributed by atoms with Gasteiger partial charge in [0, 0.05) is 56.5 Å². The van der Waals surface area contributed by atoms with Crippen molar-refractivity contribution < 1.29 is 9.18 Å². The molecule has 1 saturated heterocycles. The van der Waals surface area contributed by atoms with Gasteiger partial charge in [-0.1, -0.05) is 12.1 Å². The summed E-state index contributed by atoms with van der Waals surface area (Å²) in [4.78, 5) is 29.4. The highest BCUT2D eigenvalue weighted by Crippen LogP contribution is 2.34. The molecule has 0 saturated carbocycles. The van der Waals surface area contributed by atoms with Crippen molar-refractivity contribution in [3.05, 3.63) is 71.9 Å². The number of rotatable bonds is 4. The Hall–Kier alpha value is -3.81. The van der Waals surface area contributed by atoms with E-state index in [2.05, 4.69) is 25.2 Å². The number of nitrogens with one attached hydrogen (secondary N) is 1. The van der Waals surface area contributed by atoms with Crippen LogP contribution in [-0.4, -0.2) is 48.3 Å². The van der Waals surface area contributed by atoms with E-state index < -0.39 is 5.92 Å². The van der Waals surface area contributed by atoms with Crippen molar-refractivity contribution in [3.63, 3.8) is 0 Å². The lowest BCUT2D eigenvalue weighted by atomic mass is 9.97. The summed E-state index contributed by atoms with van der Waals surface area (Å²) < 4.78 is 14.9. The number of carbonyl (C=O) groups excluding carboxylic acids is 1. The average Bonchev–Trinajstić information content (AvgIpc) is 3.15. The van der Waals surface area contributed by atoms with E-state index in [1.807, 2.05) is 30.0 Å². The Labute approximate surface area is 185 Å². The highest BCUT2D eigenvalue weighted by Gasteiger charge is 2.30. The molecular formula is C24H23FN6O. The molecule has 0 radical (unpaired) electrons. The molecule has 8 heteroatoms. The quantitative estimate of drug-likeness (QED) is 0.639. The van der Waals surface area contributed by atoms with Gasteiger partial charge in [-0.3, -0.25) is 14.8 Å². The number of nitrogens with zero attached hydrogens (tertiary/aromatic N) is 5. The van der Waals surface area contributed by atoms with Crippen molar-refractivity contribution in [1.82, 2.24) is 9.97 Å². The van der Waals surface area contributed by atoms with Crippen LogP contribution >= 0.6 is 0 Å². The largest absolute Gasteiger partial charge is 0.366 e. The standard InChI is InChI=1S/C24H23FN6O/c1-16-3-2-4-20-23(16)18(24(32)29-20)14-28-17-5-6-21(19(25)13-17)30-9-11-31(12-10-30)22-15-26-7-8-27-22/h2-8,13-15,18H,9-12H2,1H3,(H,29,32). The molecule has 1 N–H and O–H groups in total. The minimum atomic E-state index is -0.469. The number of hydrogen-bond acceptors (Lipinski definition) is 6. The van der Waals surface area contributed by atoms with Gasteiger partial charge in [-0.25, -0.2) is 9.37 Å². The number of benzene rings is 2. The summed E-state index contributed by atoms with van der Waals surface area (Å²) in [6.45, 7) is 4.84. The maximum atomic E-state index is 14.9. The van der Waals surface area contributed by atoms with Crippen LogP contribution in [0.2, 0.25) is 0 Å². The summed E-state index contributed by atoms with van der Waals surface area (Å²) in [5.74, 6) is -0.0654. The fourth-order valence-corrected chi connectivity index (χ4v) is 4.31. The van der Waals surface area contributed by atoms with Crippen LogP contribution < -0.4 is 15.1 Å². The maximum absolute atomic E-state index is 14.9. The monoisotopic (exact) mass is 430 g/mol. The highest BCUT2D eigenvalue weighted by molar-refractivity contribution is 6.13. The summed E-state index contributed by atoms with van der Waals surface area (Å²) in [6, 6.07) is 10.7. The second-order valence-corrected chi connectivity index (χ2v) is 7.95. The van der Waals surface area contributed by atoms with Crippen molar-refractivity contribution in [2.45, 2.75) is 12.8 Å². The second-order valence-electron chi connectivity index (χ2n) is 7.95. The number of halogens is 1. The Balaban J connectivity index is 1.28. The van der Waals surface area contributed by atoms with E-state index in [9.17, 15) is 9.18 Å². The Morgan fingerprint density at radius 2 is 1.94 bits per heavy atom. The topological polar surface area (TPSA) is 73.7 Å². The summed E-state index contributed by atoms with van der Waals surface area (Å²) in [7, 11) is 0. The Morgan fingerprint density at radius 3 is 2.69 bits per heavy atom. The number of amides is 1. The molecule has 162 valence electrons. The molecule has 3 aromatic rings. The van der Waals surface area contributed by atoms with E-state index in [1.165, 1.54) is 6.07 Å². The van der Waals surface area contributed by atoms with Gasteiger partial charge >= 0.3 is 0 Å². The maximum Gasteiger partial charge on any atom is 0.237 e. The summed E-state index contributed by atoms with van der Waals surface area (Å²) >= 11 is 0. The van der Waals surface area contributed by atoms with Crippen molar-refractivity contribution in [2.24, 2.45) is 4.99 Å². The SMILES string of the molecule is Cc1cccc2c1C(C=Nc1ccc(N3CCN(c4cnccn4)CC3)c(F)c1)C(=O)N2. The molecule has 0 spiro atoms. The van der Waals surface area contributed by atoms with Crippen molar-refractivity contribution in [2.75, 3.05) is 41.3 Å². The summed E-state index contributed by atoms with van der Waals surface area (Å²) in [6.07, 6.45) is 6.67. The van der Waals surface area contributed by atoms with E-state index in [0.717, 1.165) is 35.7 Å². The van der Waals surface area contributed by atoms with Gasteiger partial charge in [-0.15, -0.1) is 0 Å². The molecule has 2 aliphatic rings. The molecule has 1 unspecified atom stereocenters. The first-order chi connectivity index (χ1) is 15.6. The summed E-state index contributed by atoms with van der Waals surface area (Å²) in [5, 5.41) is 2.88. The zero-order valence-corrected chi connectivity index (χ0v) is 17.7. The van der Waals surface area contributed by atoms with Crippen molar-refractivity contribution in [3.8, 4) is 0 Å². The fourth-order valence-electron chi connectivity index (χ4n) is 4.31. The molecule has 1 aromatic heterocycles. The first-order valence-corrected chi connectivity index (χ1v) is 10.6. The molecule has 7 nitrogen and oxygen atoms in total. The van der Waals surface area contributed by atoms with Crippen LogP contribution in [0.1, 0.15) is 17.0 Å². The number of fused-ring (bicyclic) bond motifs is 1. The van der Waals surface area contributed by atoms with Crippen LogP contribution in [0.4, 0.5) is 27.3 Å². The Kier molecular flexibility index (Phi) is 5.26. The predicted molar refractivity (Wildman–Crippen MR) is 124 cm³/mol. The van der Waals surface area contributed by atoms with Gasteiger partial charge in [0.2, 0.25) is 5.91 Å². The number of carbonyl (C=O) groups is 1. The van der Waals surface area contributed by atoms with Gasteiger partial charge in [0.25, 0.3) is 0 Å². The van der Waals surface area contributed by atoms with Gasteiger partial charge in [-0.2, -0.15) is 0 Å². The van der Waals surface area contributed by atoms with Gasteiger partial charge < -0.3 is 15.1 Å². The van der Waals surface area contributed by atoms with E-state index in [4.69, 9.17) is 0 Å². The van der Waals surface area contributed by atoms with E-state index in [1.54, 1.807) is 36.9 Å². The number of piperazine rings is 1. The molecular weight excluding hydrogens is 407 g/mol. The minimum absolute atomic E-state index is 0.115. The molecule has 1 amide bonds. The van der Waals surface area contributed by atoms with Gasteiger partial charge in [0.1, 0.15) is 17.6 Å². The highest BCUT2D eigenvalue weighted by atomic mass is 19.1. The van der Waals surface area contributed by atoms with Gasteiger partial charge in [-0.05, 0) is 36.2 Å². The molecule has 1 fully saturated rings. The Bertz CT molecular complexity index is 1170. The number of aliphatic imine (C=N–C) groups is 1. The molecule has 1 atom stereocenters. The fraction of sp³-hybridized carbons (Fsp3) is 0.250. The van der Waals surface area contributed by atoms with Crippen molar-refractivity contribution in [1.29, 1.82) is 0 Å². The molecule has 2 aromatic carbocycles. The third-order valence-electron chi connectivity index (χ3n) is 5.97. The molecule has 0 aliphatic carbocycles. The lowest BCUT2D eigenvalue weighted by Gasteiger charge is -2.36. The van der Waals surface area contributed by atoms with E-state index >= 15 is 0 Å². The molecule has 5 rings (SSSR count). The number of anilines is 3. The lowest BCUT2D eigenvalue weighted by molar-refractivity contribution is -0.115. The second kappa shape index (κ2) is 8.37. The summed E-state index contributed by atoms with van der Waals surface area (Å²) in [5.41, 5.74) is 3.81. The third kappa shape index (κ3) is 3.79. The van der Waals surface area contributed by atoms with E-state index in [0.29, 0.717) is 24.5 Å². The number of hydrogen-bond donors (Lipinski definition) is 1. The first-order valence-electron chi connectivity index (χ1n) is 10.6. The van der Waals surface area contributed by atoms with Crippen LogP contribution in [0.25, 0.3) is 0 Å². The van der Waals surface area contributed by atoms with Crippen LogP contribution in [0, 0.1) is 12.7 Å². The number of aryl methyl sites for hydroxylation is 1. The van der Waals surface area contributed by atoms with Crippen LogP contribution in [0.5, 0.6) is 0 Å². The van der Waals surface area contributed by atoms with E-state index in [-0.39, 0.29) is 11.7 Å². The third-order valence-corrected chi connectivity index (χ3v) is 5.97. The minimum Gasteiger partial charge on any atom is -0.366 e. The molecule has 2 aliphatic heterocycles. The van der Waals surface area contributed by atoms with Crippen molar-refractivity contribution >= 4 is 35.0 Å². The zero-order chi connectivity index (χ0) is 22.1. The Morgan fingerprint density at radius 1 is 1.12 bits per heavy atom. The van der Waals surface area contributed by atoms with Crippen LogP contribution in [0.15, 0.2) is 60.0 Å². The van der Waals surface area contributed by atoms with Gasteiger partial charge in [0.05, 0.1) is 17.6 Å². The van der Waals surface area contributed by atoms with Crippen LogP contribution in [0.3, 0.4) is 0 Å². The molecule has 0 bridgehead atoms. The molecule has 32 heavy (non-hydrogen) atoms. The zero-order valence-electron chi connectivity index (χ0n) is 17.7. The molecule has 3 heterocycles. The average molecular weight is 430 g/mol. The smallest absolute Gasteiger partial charge is 0.237 e. The first kappa shape index (κ1) is 20.1. The lowest BCUT2D eigenvalue weighted by Crippen LogP contribution is -2.47. The number of aromatic nitrogens is 2. The van der Waals surface area contributed by atoms with Gasteiger partial charge in [0.15, 0.2) is 0 Å². The van der Waals surface area contributed by atoms with Crippen LogP contribution in [-0.2, 0) is 4.79 Å². The normalized spacial score (nSPS) is 18.2.